The molecule has 1 heterocycles. The molecule has 18 heavy (non-hydrogen) atoms. The number of rotatable bonds is 4. The van der Waals surface area contributed by atoms with E-state index in [0.29, 0.717) is 0 Å². The van der Waals surface area contributed by atoms with Gasteiger partial charge in [-0.2, -0.15) is 0 Å². The van der Waals surface area contributed by atoms with Crippen molar-refractivity contribution in [3.8, 4) is 0 Å². The molecule has 1 saturated carbocycles. The smallest absolute Gasteiger partial charge is 0.00672 e. The van der Waals surface area contributed by atoms with Gasteiger partial charge in [-0.15, -0.1) is 0 Å². The molecule has 0 aromatic heterocycles. The van der Waals surface area contributed by atoms with Crippen molar-refractivity contribution >= 4 is 0 Å². The second-order valence-electron chi connectivity index (χ2n) is 6.66. The topological polar surface area (TPSA) is 15.3 Å². The summed E-state index contributed by atoms with van der Waals surface area (Å²) in [5.41, 5.74) is 0. The Labute approximate surface area is 114 Å². The van der Waals surface area contributed by atoms with Gasteiger partial charge in [-0.05, 0) is 64.1 Å². The number of hydrogen-bond acceptors (Lipinski definition) is 2. The maximum absolute atomic E-state index is 3.87. The molecule has 0 aromatic carbocycles. The number of piperidine rings is 1. The SMILES string of the molecule is CCC1CCCC(NCC2CCCN(C)C2)CC1. The van der Waals surface area contributed by atoms with Crippen molar-refractivity contribution in [1.82, 2.24) is 10.2 Å². The van der Waals surface area contributed by atoms with Gasteiger partial charge in [0.25, 0.3) is 0 Å². The monoisotopic (exact) mass is 252 g/mol. The molecule has 1 N–H and O–H groups in total. The molecular formula is C16H32N2. The third-order valence-electron chi connectivity index (χ3n) is 5.08. The summed E-state index contributed by atoms with van der Waals surface area (Å²) in [5.74, 6) is 1.91. The fourth-order valence-corrected chi connectivity index (χ4v) is 3.76. The summed E-state index contributed by atoms with van der Waals surface area (Å²) in [7, 11) is 2.27. The van der Waals surface area contributed by atoms with E-state index in [2.05, 4.69) is 24.2 Å². The molecule has 2 heteroatoms. The largest absolute Gasteiger partial charge is 0.314 e. The molecule has 1 saturated heterocycles. The molecule has 2 rings (SSSR count). The number of nitrogens with zero attached hydrogens (tertiary/aromatic N) is 1. The Morgan fingerprint density at radius 3 is 2.61 bits per heavy atom. The van der Waals surface area contributed by atoms with Crippen molar-refractivity contribution in [1.29, 1.82) is 0 Å². The highest BCUT2D eigenvalue weighted by Gasteiger charge is 2.20. The Bertz CT molecular complexity index is 229. The zero-order valence-corrected chi connectivity index (χ0v) is 12.5. The van der Waals surface area contributed by atoms with Crippen LogP contribution in [0, 0.1) is 11.8 Å². The highest BCUT2D eigenvalue weighted by Crippen LogP contribution is 2.25. The van der Waals surface area contributed by atoms with Crippen LogP contribution in [0.25, 0.3) is 0 Å². The van der Waals surface area contributed by atoms with Crippen molar-refractivity contribution < 1.29 is 0 Å². The van der Waals surface area contributed by atoms with Crippen LogP contribution in [-0.2, 0) is 0 Å². The van der Waals surface area contributed by atoms with Crippen LogP contribution < -0.4 is 5.32 Å². The van der Waals surface area contributed by atoms with E-state index in [1.54, 1.807) is 0 Å². The van der Waals surface area contributed by atoms with E-state index < -0.39 is 0 Å². The average molecular weight is 252 g/mol. The second-order valence-corrected chi connectivity index (χ2v) is 6.66. The third-order valence-corrected chi connectivity index (χ3v) is 5.08. The zero-order valence-electron chi connectivity index (χ0n) is 12.5. The van der Waals surface area contributed by atoms with Gasteiger partial charge in [0.1, 0.15) is 0 Å². The van der Waals surface area contributed by atoms with Gasteiger partial charge in [-0.1, -0.05) is 26.2 Å². The lowest BCUT2D eigenvalue weighted by Crippen LogP contribution is -2.40. The Hall–Kier alpha value is -0.0800. The molecule has 0 bridgehead atoms. The van der Waals surface area contributed by atoms with E-state index in [-0.39, 0.29) is 0 Å². The summed E-state index contributed by atoms with van der Waals surface area (Å²) in [5, 5.41) is 3.87. The minimum absolute atomic E-state index is 0.814. The van der Waals surface area contributed by atoms with Crippen LogP contribution in [0.3, 0.4) is 0 Å². The zero-order chi connectivity index (χ0) is 12.8. The Morgan fingerprint density at radius 1 is 1.00 bits per heavy atom. The van der Waals surface area contributed by atoms with Crippen LogP contribution in [0.5, 0.6) is 0 Å². The molecule has 1 aliphatic carbocycles. The van der Waals surface area contributed by atoms with Crippen molar-refractivity contribution in [2.45, 2.75) is 64.3 Å². The Morgan fingerprint density at radius 2 is 1.83 bits per heavy atom. The van der Waals surface area contributed by atoms with Gasteiger partial charge in [-0.25, -0.2) is 0 Å². The molecule has 2 fully saturated rings. The molecular weight excluding hydrogens is 220 g/mol. The second kappa shape index (κ2) is 7.49. The average Bonchev–Trinajstić information content (AvgIpc) is 2.61. The Kier molecular flexibility index (Phi) is 5.97. The van der Waals surface area contributed by atoms with Gasteiger partial charge >= 0.3 is 0 Å². The van der Waals surface area contributed by atoms with Crippen molar-refractivity contribution in [2.75, 3.05) is 26.7 Å². The van der Waals surface area contributed by atoms with Crippen molar-refractivity contribution in [2.24, 2.45) is 11.8 Å². The highest BCUT2D eigenvalue weighted by molar-refractivity contribution is 4.78. The van der Waals surface area contributed by atoms with Gasteiger partial charge in [-0.3, -0.25) is 0 Å². The van der Waals surface area contributed by atoms with Gasteiger partial charge < -0.3 is 10.2 Å². The van der Waals surface area contributed by atoms with Gasteiger partial charge in [0.05, 0.1) is 0 Å². The maximum Gasteiger partial charge on any atom is 0.00672 e. The lowest BCUT2D eigenvalue weighted by Gasteiger charge is -2.31. The number of nitrogens with one attached hydrogen (secondary N) is 1. The number of likely N-dealkylation sites (tertiary alicyclic amines) is 1. The van der Waals surface area contributed by atoms with Gasteiger partial charge in [0.15, 0.2) is 0 Å². The minimum Gasteiger partial charge on any atom is -0.314 e. The fourth-order valence-electron chi connectivity index (χ4n) is 3.76. The van der Waals surface area contributed by atoms with Crippen LogP contribution in [-0.4, -0.2) is 37.6 Å². The minimum atomic E-state index is 0.814. The van der Waals surface area contributed by atoms with Crippen molar-refractivity contribution in [3.05, 3.63) is 0 Å². The fraction of sp³-hybridized carbons (Fsp3) is 1.00. The van der Waals surface area contributed by atoms with Crippen LogP contribution >= 0.6 is 0 Å². The summed E-state index contributed by atoms with van der Waals surface area (Å²) < 4.78 is 0. The highest BCUT2D eigenvalue weighted by atomic mass is 15.1. The van der Waals surface area contributed by atoms with E-state index in [0.717, 1.165) is 17.9 Å². The predicted octanol–water partition coefficient (Wildman–Crippen LogP) is 3.28. The first-order valence-electron chi connectivity index (χ1n) is 8.19. The van der Waals surface area contributed by atoms with Crippen LogP contribution in [0.2, 0.25) is 0 Å². The molecule has 0 amide bonds. The molecule has 106 valence electrons. The van der Waals surface area contributed by atoms with E-state index in [1.807, 2.05) is 0 Å². The van der Waals surface area contributed by atoms with E-state index >= 15 is 0 Å². The standard InChI is InChI=1S/C16H32N2/c1-3-14-6-4-8-16(10-9-14)17-12-15-7-5-11-18(2)13-15/h14-17H,3-13H2,1-2H3. The quantitative estimate of drug-likeness (QED) is 0.773. The summed E-state index contributed by atoms with van der Waals surface area (Å²) in [6.07, 6.45) is 11.4. The first kappa shape index (κ1) is 14.3. The molecule has 1 aliphatic heterocycles. The maximum atomic E-state index is 3.87. The summed E-state index contributed by atoms with van der Waals surface area (Å²) in [6, 6.07) is 0.814. The van der Waals surface area contributed by atoms with Crippen LogP contribution in [0.15, 0.2) is 0 Å². The van der Waals surface area contributed by atoms with Gasteiger partial charge in [0.2, 0.25) is 0 Å². The first-order chi connectivity index (χ1) is 8.78. The molecule has 2 aliphatic rings. The normalized spacial score (nSPS) is 35.3. The lowest BCUT2D eigenvalue weighted by atomic mass is 9.97. The lowest BCUT2D eigenvalue weighted by molar-refractivity contribution is 0.201. The molecule has 2 nitrogen and oxygen atoms in total. The van der Waals surface area contributed by atoms with Crippen LogP contribution in [0.4, 0.5) is 0 Å². The van der Waals surface area contributed by atoms with Gasteiger partial charge in [0, 0.05) is 12.6 Å². The molecule has 3 atom stereocenters. The third kappa shape index (κ3) is 4.55. The first-order valence-corrected chi connectivity index (χ1v) is 8.19. The summed E-state index contributed by atoms with van der Waals surface area (Å²) >= 11 is 0. The summed E-state index contributed by atoms with van der Waals surface area (Å²) in [6.45, 7) is 6.22. The molecule has 3 unspecified atom stereocenters. The van der Waals surface area contributed by atoms with E-state index in [1.165, 1.54) is 71.0 Å². The molecule has 0 spiro atoms. The Balaban J connectivity index is 1.66. The number of hydrogen-bond donors (Lipinski definition) is 1. The molecule has 0 radical (unpaired) electrons. The van der Waals surface area contributed by atoms with E-state index in [4.69, 9.17) is 0 Å². The van der Waals surface area contributed by atoms with Crippen LogP contribution in [0.1, 0.15) is 58.3 Å². The molecule has 0 aromatic rings. The summed E-state index contributed by atoms with van der Waals surface area (Å²) in [4.78, 5) is 2.50. The van der Waals surface area contributed by atoms with E-state index in [9.17, 15) is 0 Å². The van der Waals surface area contributed by atoms with Crippen molar-refractivity contribution in [3.63, 3.8) is 0 Å². The predicted molar refractivity (Wildman–Crippen MR) is 78.9 cm³/mol.